The number of carbonyl (C=O) groups is 2. The van der Waals surface area contributed by atoms with Crippen LogP contribution in [0.4, 0.5) is 14.5 Å². The van der Waals surface area contributed by atoms with Crippen molar-refractivity contribution < 1.29 is 18.4 Å². The van der Waals surface area contributed by atoms with Gasteiger partial charge in [-0.2, -0.15) is 0 Å². The van der Waals surface area contributed by atoms with Crippen LogP contribution in [0.5, 0.6) is 0 Å². The summed E-state index contributed by atoms with van der Waals surface area (Å²) in [5, 5.41) is 2.93. The van der Waals surface area contributed by atoms with Crippen LogP contribution in [0.1, 0.15) is 17.3 Å². The van der Waals surface area contributed by atoms with Crippen LogP contribution in [-0.2, 0) is 4.79 Å². The summed E-state index contributed by atoms with van der Waals surface area (Å²) in [6, 6.07) is 10.5. The topological polar surface area (TPSA) is 52.7 Å². The molecule has 1 heterocycles. The summed E-state index contributed by atoms with van der Waals surface area (Å²) in [6.45, 7) is 3.71. The molecule has 0 saturated carbocycles. The minimum atomic E-state index is -1.04. The molecule has 2 aromatic rings. The Labute approximate surface area is 173 Å². The minimum absolute atomic E-state index is 0.108. The number of benzene rings is 2. The Kier molecular flexibility index (Phi) is 6.87. The van der Waals surface area contributed by atoms with Gasteiger partial charge in [0.2, 0.25) is 5.91 Å². The van der Waals surface area contributed by atoms with Gasteiger partial charge in [-0.15, -0.1) is 11.8 Å². The molecule has 2 aromatic carbocycles. The lowest BCUT2D eigenvalue weighted by atomic mass is 10.1. The molecule has 0 aromatic heterocycles. The fraction of sp³-hybridized carbons (Fsp3) is 0.333. The summed E-state index contributed by atoms with van der Waals surface area (Å²) in [5.74, 6) is -2.46. The zero-order valence-corrected chi connectivity index (χ0v) is 17.1. The molecule has 3 rings (SSSR count). The van der Waals surface area contributed by atoms with E-state index in [2.05, 4.69) is 5.32 Å². The number of thioether (sulfide) groups is 1. The van der Waals surface area contributed by atoms with E-state index in [1.54, 1.807) is 16.7 Å². The summed E-state index contributed by atoms with van der Waals surface area (Å²) in [4.78, 5) is 29.8. The third-order valence-electron chi connectivity index (χ3n) is 5.03. The Morgan fingerprint density at radius 3 is 2.41 bits per heavy atom. The molecular weight excluding hydrogens is 396 g/mol. The highest BCUT2D eigenvalue weighted by atomic mass is 32.2. The molecule has 1 aliphatic rings. The van der Waals surface area contributed by atoms with E-state index in [0.717, 1.165) is 22.7 Å². The van der Waals surface area contributed by atoms with Crippen molar-refractivity contribution in [2.75, 3.05) is 37.8 Å². The van der Waals surface area contributed by atoms with E-state index in [4.69, 9.17) is 0 Å². The zero-order chi connectivity index (χ0) is 21.0. The molecule has 0 radical (unpaired) electrons. The van der Waals surface area contributed by atoms with Gasteiger partial charge in [0.25, 0.3) is 5.91 Å². The lowest BCUT2D eigenvalue weighted by Gasteiger charge is -2.37. The Morgan fingerprint density at radius 2 is 1.76 bits per heavy atom. The fourth-order valence-corrected chi connectivity index (χ4v) is 3.70. The molecule has 1 atom stereocenters. The smallest absolute Gasteiger partial charge is 0.254 e. The number of piperazine rings is 1. The maximum Gasteiger partial charge on any atom is 0.254 e. The van der Waals surface area contributed by atoms with Crippen molar-refractivity contribution in [3.8, 4) is 0 Å². The third kappa shape index (κ3) is 5.13. The molecule has 5 nitrogen and oxygen atoms in total. The monoisotopic (exact) mass is 419 g/mol. The van der Waals surface area contributed by atoms with Crippen LogP contribution in [-0.4, -0.2) is 60.1 Å². The molecule has 1 saturated heterocycles. The van der Waals surface area contributed by atoms with E-state index in [1.165, 1.54) is 6.07 Å². The molecule has 1 aliphatic heterocycles. The molecule has 1 unspecified atom stereocenters. The molecule has 1 fully saturated rings. The number of hydrogen-bond donors (Lipinski definition) is 1. The Bertz CT molecular complexity index is 901. The maximum atomic E-state index is 13.4. The van der Waals surface area contributed by atoms with Crippen molar-refractivity contribution >= 4 is 29.3 Å². The Balaban J connectivity index is 1.55. The molecule has 2 amide bonds. The predicted molar refractivity (Wildman–Crippen MR) is 110 cm³/mol. The first-order chi connectivity index (χ1) is 13.9. The highest BCUT2D eigenvalue weighted by Crippen LogP contribution is 2.20. The SMILES string of the molecule is CSc1cccc(NC(=O)C(C)N2CCN(C(=O)c3ccc(F)c(F)c3)CC2)c1. The van der Waals surface area contributed by atoms with Gasteiger partial charge < -0.3 is 10.2 Å². The van der Waals surface area contributed by atoms with Gasteiger partial charge >= 0.3 is 0 Å². The van der Waals surface area contributed by atoms with Gasteiger partial charge in [-0.1, -0.05) is 6.07 Å². The Hall–Kier alpha value is -2.45. The van der Waals surface area contributed by atoms with Crippen molar-refractivity contribution in [3.05, 3.63) is 59.7 Å². The van der Waals surface area contributed by atoms with Gasteiger partial charge in [0.05, 0.1) is 6.04 Å². The van der Waals surface area contributed by atoms with E-state index in [0.29, 0.717) is 26.2 Å². The average Bonchev–Trinajstić information content (AvgIpc) is 2.74. The van der Waals surface area contributed by atoms with Crippen LogP contribution in [0.25, 0.3) is 0 Å². The van der Waals surface area contributed by atoms with Crippen LogP contribution in [0.15, 0.2) is 47.4 Å². The number of carbonyl (C=O) groups excluding carboxylic acids is 2. The first-order valence-corrected chi connectivity index (χ1v) is 10.5. The number of nitrogens with one attached hydrogen (secondary N) is 1. The summed E-state index contributed by atoms with van der Waals surface area (Å²) in [5.41, 5.74) is 0.873. The number of hydrogen-bond acceptors (Lipinski definition) is 4. The van der Waals surface area contributed by atoms with E-state index >= 15 is 0 Å². The third-order valence-corrected chi connectivity index (χ3v) is 5.76. The van der Waals surface area contributed by atoms with Crippen LogP contribution >= 0.6 is 11.8 Å². The van der Waals surface area contributed by atoms with Crippen LogP contribution in [0.3, 0.4) is 0 Å². The first-order valence-electron chi connectivity index (χ1n) is 9.32. The van der Waals surface area contributed by atoms with Gasteiger partial charge in [-0.3, -0.25) is 14.5 Å². The summed E-state index contributed by atoms with van der Waals surface area (Å²) in [6.07, 6.45) is 1.98. The maximum absolute atomic E-state index is 13.4. The highest BCUT2D eigenvalue weighted by molar-refractivity contribution is 7.98. The van der Waals surface area contributed by atoms with Crippen molar-refractivity contribution in [3.63, 3.8) is 0 Å². The normalized spacial score (nSPS) is 15.8. The van der Waals surface area contributed by atoms with Crippen molar-refractivity contribution in [1.29, 1.82) is 0 Å². The zero-order valence-electron chi connectivity index (χ0n) is 16.3. The number of nitrogens with zero attached hydrogens (tertiary/aromatic N) is 2. The fourth-order valence-electron chi connectivity index (χ4n) is 3.24. The van der Waals surface area contributed by atoms with Gasteiger partial charge in [-0.25, -0.2) is 8.78 Å². The number of halogens is 2. The minimum Gasteiger partial charge on any atom is -0.336 e. The number of rotatable bonds is 5. The number of anilines is 1. The second-order valence-corrected chi connectivity index (χ2v) is 7.73. The van der Waals surface area contributed by atoms with E-state index < -0.39 is 11.6 Å². The molecule has 0 bridgehead atoms. The van der Waals surface area contributed by atoms with Crippen molar-refractivity contribution in [2.24, 2.45) is 0 Å². The molecular formula is C21H23F2N3O2S. The van der Waals surface area contributed by atoms with Gasteiger partial charge in [0, 0.05) is 42.3 Å². The van der Waals surface area contributed by atoms with E-state index in [1.807, 2.05) is 42.3 Å². The highest BCUT2D eigenvalue weighted by Gasteiger charge is 2.28. The molecule has 154 valence electrons. The predicted octanol–water partition coefficient (Wildman–Crippen LogP) is 3.47. The second kappa shape index (κ2) is 9.37. The lowest BCUT2D eigenvalue weighted by molar-refractivity contribution is -0.121. The standard InChI is InChI=1S/C21H23F2N3O2S/c1-14(20(27)24-16-4-3-5-17(13-16)29-2)25-8-10-26(11-9-25)21(28)15-6-7-18(22)19(23)12-15/h3-7,12-14H,8-11H2,1-2H3,(H,24,27). The lowest BCUT2D eigenvalue weighted by Crippen LogP contribution is -2.54. The summed E-state index contributed by atoms with van der Waals surface area (Å²) in [7, 11) is 0. The van der Waals surface area contributed by atoms with Crippen molar-refractivity contribution in [2.45, 2.75) is 17.9 Å². The van der Waals surface area contributed by atoms with Gasteiger partial charge in [0.1, 0.15) is 0 Å². The molecule has 1 N–H and O–H groups in total. The molecule has 8 heteroatoms. The molecule has 0 spiro atoms. The van der Waals surface area contributed by atoms with Gasteiger partial charge in [-0.05, 0) is 49.6 Å². The summed E-state index contributed by atoms with van der Waals surface area (Å²) >= 11 is 1.61. The quantitative estimate of drug-likeness (QED) is 0.754. The Morgan fingerprint density at radius 1 is 1.03 bits per heavy atom. The van der Waals surface area contributed by atoms with E-state index in [-0.39, 0.29) is 23.4 Å². The van der Waals surface area contributed by atoms with Crippen molar-refractivity contribution in [1.82, 2.24) is 9.80 Å². The molecule has 29 heavy (non-hydrogen) atoms. The van der Waals surface area contributed by atoms with Crippen LogP contribution in [0, 0.1) is 11.6 Å². The number of amides is 2. The second-order valence-electron chi connectivity index (χ2n) is 6.85. The van der Waals surface area contributed by atoms with Gasteiger partial charge in [0.15, 0.2) is 11.6 Å². The average molecular weight is 419 g/mol. The van der Waals surface area contributed by atoms with Crippen LogP contribution in [0.2, 0.25) is 0 Å². The first kappa shape index (κ1) is 21.3. The van der Waals surface area contributed by atoms with Crippen LogP contribution < -0.4 is 5.32 Å². The largest absolute Gasteiger partial charge is 0.336 e. The molecule has 0 aliphatic carbocycles. The summed E-state index contributed by atoms with van der Waals surface area (Å²) < 4.78 is 26.5. The van der Waals surface area contributed by atoms with E-state index in [9.17, 15) is 18.4 Å².